The molecule has 0 bridgehead atoms. The van der Waals surface area contributed by atoms with Crippen LogP contribution < -0.4 is 14.8 Å². The van der Waals surface area contributed by atoms with Gasteiger partial charge in [-0.2, -0.15) is 0 Å². The third-order valence-electron chi connectivity index (χ3n) is 4.49. The van der Waals surface area contributed by atoms with Crippen molar-refractivity contribution in [2.75, 3.05) is 45.7 Å². The molecule has 0 atom stereocenters. The summed E-state index contributed by atoms with van der Waals surface area (Å²) in [4.78, 5) is 8.94. The van der Waals surface area contributed by atoms with Crippen LogP contribution in [0.5, 0.6) is 11.5 Å². The fraction of sp³-hybridized carbons (Fsp3) is 0.368. The first-order valence-corrected chi connectivity index (χ1v) is 9.49. The van der Waals surface area contributed by atoms with Crippen LogP contribution in [-0.4, -0.2) is 60.3 Å². The van der Waals surface area contributed by atoms with Crippen LogP contribution in [0.25, 0.3) is 0 Å². The Morgan fingerprint density at radius 2 is 1.89 bits per heavy atom. The molecule has 0 aliphatic carbocycles. The van der Waals surface area contributed by atoms with Gasteiger partial charge in [0.25, 0.3) is 0 Å². The number of aromatic nitrogens is 1. The summed E-state index contributed by atoms with van der Waals surface area (Å²) < 4.78 is 10.7. The van der Waals surface area contributed by atoms with E-state index in [1.165, 1.54) is 0 Å². The Morgan fingerprint density at radius 1 is 1.15 bits per heavy atom. The van der Waals surface area contributed by atoms with Gasteiger partial charge < -0.3 is 19.7 Å². The molecule has 1 saturated heterocycles. The monoisotopic (exact) mass is 406 g/mol. The lowest BCUT2D eigenvalue weighted by Crippen LogP contribution is -2.49. The van der Waals surface area contributed by atoms with Gasteiger partial charge in [0, 0.05) is 51.1 Å². The van der Waals surface area contributed by atoms with E-state index in [2.05, 4.69) is 26.2 Å². The number of ether oxygens (including phenoxy) is 2. The Balaban J connectivity index is 1.58. The first kappa shape index (κ1) is 19.7. The average molecular weight is 407 g/mol. The maximum absolute atomic E-state index is 6.16. The van der Waals surface area contributed by atoms with Crippen molar-refractivity contribution in [2.45, 2.75) is 6.54 Å². The topological polar surface area (TPSA) is 49.9 Å². The SMILES string of the molecule is COc1cc(NC(=S)N2CCN(Cc3ccccn3)CC2)c(OC)cc1Cl. The van der Waals surface area contributed by atoms with E-state index in [4.69, 9.17) is 33.3 Å². The zero-order chi connectivity index (χ0) is 19.2. The molecule has 0 unspecified atom stereocenters. The Labute approximate surface area is 170 Å². The maximum Gasteiger partial charge on any atom is 0.173 e. The number of pyridine rings is 1. The van der Waals surface area contributed by atoms with Crippen molar-refractivity contribution < 1.29 is 9.47 Å². The fourth-order valence-corrected chi connectivity index (χ4v) is 3.51. The number of methoxy groups -OCH3 is 2. The zero-order valence-corrected chi connectivity index (χ0v) is 17.0. The Hall–Kier alpha value is -2.09. The smallest absolute Gasteiger partial charge is 0.173 e. The number of halogens is 1. The summed E-state index contributed by atoms with van der Waals surface area (Å²) in [5.41, 5.74) is 1.82. The van der Waals surface area contributed by atoms with Crippen molar-refractivity contribution in [1.82, 2.24) is 14.8 Å². The maximum atomic E-state index is 6.16. The average Bonchev–Trinajstić information content (AvgIpc) is 2.70. The Kier molecular flexibility index (Phi) is 6.71. The molecule has 0 spiro atoms. The van der Waals surface area contributed by atoms with Crippen molar-refractivity contribution in [3.8, 4) is 11.5 Å². The van der Waals surface area contributed by atoms with Gasteiger partial charge in [-0.05, 0) is 24.4 Å². The van der Waals surface area contributed by atoms with Crippen LogP contribution in [0.1, 0.15) is 5.69 Å². The molecule has 6 nitrogen and oxygen atoms in total. The highest BCUT2D eigenvalue weighted by Crippen LogP contribution is 2.36. The molecule has 1 aromatic heterocycles. The molecule has 2 aromatic rings. The lowest BCUT2D eigenvalue weighted by atomic mass is 10.2. The van der Waals surface area contributed by atoms with E-state index >= 15 is 0 Å². The predicted octanol–water partition coefficient (Wildman–Crippen LogP) is 3.27. The molecular formula is C19H23ClN4O2S. The Bertz CT molecular complexity index is 783. The quantitative estimate of drug-likeness (QED) is 0.764. The summed E-state index contributed by atoms with van der Waals surface area (Å²) in [6.45, 7) is 4.42. The summed E-state index contributed by atoms with van der Waals surface area (Å²) in [6.07, 6.45) is 1.83. The summed E-state index contributed by atoms with van der Waals surface area (Å²) in [5, 5.41) is 4.42. The van der Waals surface area contributed by atoms with Crippen molar-refractivity contribution in [3.05, 3.63) is 47.2 Å². The number of hydrogen-bond donors (Lipinski definition) is 1. The molecule has 1 aromatic carbocycles. The van der Waals surface area contributed by atoms with Crippen LogP contribution >= 0.6 is 23.8 Å². The lowest BCUT2D eigenvalue weighted by molar-refractivity contribution is 0.175. The second-order valence-electron chi connectivity index (χ2n) is 6.20. The van der Waals surface area contributed by atoms with E-state index in [-0.39, 0.29) is 0 Å². The van der Waals surface area contributed by atoms with E-state index in [9.17, 15) is 0 Å². The number of rotatable bonds is 5. The number of thiocarbonyl (C=S) groups is 1. The first-order chi connectivity index (χ1) is 13.1. The van der Waals surface area contributed by atoms with Gasteiger partial charge in [0.15, 0.2) is 5.11 Å². The largest absolute Gasteiger partial charge is 0.495 e. The number of hydrogen-bond acceptors (Lipinski definition) is 5. The molecule has 8 heteroatoms. The number of benzene rings is 1. The molecule has 0 amide bonds. The third kappa shape index (κ3) is 5.00. The minimum Gasteiger partial charge on any atom is -0.495 e. The van der Waals surface area contributed by atoms with Gasteiger partial charge in [0.05, 0.1) is 30.6 Å². The van der Waals surface area contributed by atoms with E-state index in [1.807, 2.05) is 18.3 Å². The van der Waals surface area contributed by atoms with Gasteiger partial charge >= 0.3 is 0 Å². The molecule has 3 rings (SSSR count). The molecule has 1 aliphatic heterocycles. The lowest BCUT2D eigenvalue weighted by Gasteiger charge is -2.36. The van der Waals surface area contributed by atoms with E-state index < -0.39 is 0 Å². The summed E-state index contributed by atoms with van der Waals surface area (Å²) in [5.74, 6) is 1.19. The van der Waals surface area contributed by atoms with E-state index in [1.54, 1.807) is 26.4 Å². The molecule has 1 fully saturated rings. The third-order valence-corrected chi connectivity index (χ3v) is 5.14. The van der Waals surface area contributed by atoms with E-state index in [0.717, 1.165) is 44.1 Å². The van der Waals surface area contributed by atoms with Crippen LogP contribution in [-0.2, 0) is 6.54 Å². The molecule has 27 heavy (non-hydrogen) atoms. The second-order valence-corrected chi connectivity index (χ2v) is 7.00. The van der Waals surface area contributed by atoms with Crippen LogP contribution in [0, 0.1) is 0 Å². The highest BCUT2D eigenvalue weighted by Gasteiger charge is 2.20. The highest BCUT2D eigenvalue weighted by molar-refractivity contribution is 7.80. The molecule has 1 aliphatic rings. The first-order valence-electron chi connectivity index (χ1n) is 8.70. The molecule has 2 heterocycles. The van der Waals surface area contributed by atoms with Crippen molar-refractivity contribution in [3.63, 3.8) is 0 Å². The van der Waals surface area contributed by atoms with Gasteiger partial charge in [0.1, 0.15) is 11.5 Å². The van der Waals surface area contributed by atoms with Gasteiger partial charge in [-0.1, -0.05) is 17.7 Å². The van der Waals surface area contributed by atoms with Crippen molar-refractivity contribution in [2.24, 2.45) is 0 Å². The van der Waals surface area contributed by atoms with Crippen LogP contribution in [0.15, 0.2) is 36.5 Å². The zero-order valence-electron chi connectivity index (χ0n) is 15.4. The molecule has 144 valence electrons. The number of piperazine rings is 1. The van der Waals surface area contributed by atoms with Crippen LogP contribution in [0.2, 0.25) is 5.02 Å². The summed E-state index contributed by atoms with van der Waals surface area (Å²) >= 11 is 11.8. The molecule has 0 saturated carbocycles. The molecular weight excluding hydrogens is 384 g/mol. The van der Waals surface area contributed by atoms with Gasteiger partial charge in [-0.15, -0.1) is 0 Å². The fourth-order valence-electron chi connectivity index (χ4n) is 2.98. The number of anilines is 1. The van der Waals surface area contributed by atoms with E-state index in [0.29, 0.717) is 21.6 Å². The summed E-state index contributed by atoms with van der Waals surface area (Å²) in [6, 6.07) is 9.52. The molecule has 1 N–H and O–H groups in total. The van der Waals surface area contributed by atoms with Gasteiger partial charge in [-0.25, -0.2) is 0 Å². The van der Waals surface area contributed by atoms with Crippen molar-refractivity contribution in [1.29, 1.82) is 0 Å². The van der Waals surface area contributed by atoms with Crippen molar-refractivity contribution >= 4 is 34.6 Å². The second kappa shape index (κ2) is 9.21. The normalized spacial score (nSPS) is 14.7. The van der Waals surface area contributed by atoms with Crippen LogP contribution in [0.4, 0.5) is 5.69 Å². The highest BCUT2D eigenvalue weighted by atomic mass is 35.5. The summed E-state index contributed by atoms with van der Waals surface area (Å²) in [7, 11) is 3.18. The number of nitrogens with one attached hydrogen (secondary N) is 1. The Morgan fingerprint density at radius 3 is 2.52 bits per heavy atom. The van der Waals surface area contributed by atoms with Gasteiger partial charge in [-0.3, -0.25) is 9.88 Å². The predicted molar refractivity (Wildman–Crippen MR) is 112 cm³/mol. The standard InChI is InChI=1S/C19H23ClN4O2S/c1-25-17-12-16(18(26-2)11-15(17)20)22-19(27)24-9-7-23(8-10-24)13-14-5-3-4-6-21-14/h3-6,11-12H,7-10,13H2,1-2H3,(H,22,27). The van der Waals surface area contributed by atoms with Crippen LogP contribution in [0.3, 0.4) is 0 Å². The molecule has 0 radical (unpaired) electrons. The minimum absolute atomic E-state index is 0.494. The minimum atomic E-state index is 0.494. The van der Waals surface area contributed by atoms with Gasteiger partial charge in [0.2, 0.25) is 0 Å². The number of nitrogens with zero attached hydrogens (tertiary/aromatic N) is 3.